The van der Waals surface area contributed by atoms with Crippen LogP contribution in [0.2, 0.25) is 0 Å². The number of aromatic amines is 1. The molecule has 3 aromatic rings. The van der Waals surface area contributed by atoms with Gasteiger partial charge < -0.3 is 19.7 Å². The lowest BCUT2D eigenvalue weighted by Crippen LogP contribution is -2.39. The average Bonchev–Trinajstić information content (AvgIpc) is 3.50. The number of nitrogens with zero attached hydrogens (tertiary/aromatic N) is 4. The van der Waals surface area contributed by atoms with Gasteiger partial charge in [0, 0.05) is 31.6 Å². The Morgan fingerprint density at radius 1 is 1.10 bits per heavy atom. The molecule has 31 heavy (non-hydrogen) atoms. The van der Waals surface area contributed by atoms with E-state index in [0.717, 1.165) is 48.4 Å². The number of nitrogens with one attached hydrogen (secondary N) is 2. The van der Waals surface area contributed by atoms with Crippen LogP contribution in [0.25, 0.3) is 11.4 Å². The highest BCUT2D eigenvalue weighted by molar-refractivity contribution is 5.80. The molecule has 2 heterocycles. The standard InChI is InChI=1S/C23H28N6O2/c1-24-23(29-13-12-18(15-29)16-4-8-19(30-2)9-5-16)25-14-21-26-22(28-27-21)17-6-10-20(31-3)11-7-17/h4-11,18H,12-15H2,1-3H3,(H,24,25)(H,26,27,28). The molecule has 0 radical (unpaired) electrons. The van der Waals surface area contributed by atoms with Gasteiger partial charge in [-0.2, -0.15) is 5.10 Å². The van der Waals surface area contributed by atoms with E-state index in [2.05, 4.69) is 42.5 Å². The highest BCUT2D eigenvalue weighted by Crippen LogP contribution is 2.28. The van der Waals surface area contributed by atoms with E-state index in [1.165, 1.54) is 5.56 Å². The minimum Gasteiger partial charge on any atom is -0.497 e. The van der Waals surface area contributed by atoms with Crippen LogP contribution in [-0.2, 0) is 6.54 Å². The number of rotatable bonds is 6. The minimum absolute atomic E-state index is 0.483. The fraction of sp³-hybridized carbons (Fsp3) is 0.348. The van der Waals surface area contributed by atoms with Crippen LogP contribution in [0.1, 0.15) is 23.7 Å². The molecule has 2 N–H and O–H groups in total. The zero-order chi connectivity index (χ0) is 21.6. The molecule has 162 valence electrons. The molecular formula is C23H28N6O2. The molecule has 0 spiro atoms. The molecule has 8 heteroatoms. The topological polar surface area (TPSA) is 87.7 Å². The van der Waals surface area contributed by atoms with E-state index in [-0.39, 0.29) is 0 Å². The van der Waals surface area contributed by atoms with Crippen LogP contribution < -0.4 is 14.8 Å². The molecule has 2 aromatic carbocycles. The van der Waals surface area contributed by atoms with Crippen molar-refractivity contribution in [3.63, 3.8) is 0 Å². The molecule has 1 saturated heterocycles. The van der Waals surface area contributed by atoms with Crippen LogP contribution in [0, 0.1) is 0 Å². The van der Waals surface area contributed by atoms with Gasteiger partial charge in [0.1, 0.15) is 17.3 Å². The second-order valence-electron chi connectivity index (χ2n) is 7.44. The van der Waals surface area contributed by atoms with Gasteiger partial charge in [-0.3, -0.25) is 10.1 Å². The lowest BCUT2D eigenvalue weighted by atomic mass is 9.98. The molecule has 0 aliphatic carbocycles. The third-order valence-electron chi connectivity index (χ3n) is 5.58. The normalized spacial score (nSPS) is 16.4. The summed E-state index contributed by atoms with van der Waals surface area (Å²) in [7, 11) is 5.15. The number of hydrogen-bond acceptors (Lipinski definition) is 5. The fourth-order valence-electron chi connectivity index (χ4n) is 3.84. The van der Waals surface area contributed by atoms with E-state index in [4.69, 9.17) is 9.47 Å². The lowest BCUT2D eigenvalue weighted by Gasteiger charge is -2.21. The number of benzene rings is 2. The first-order valence-corrected chi connectivity index (χ1v) is 10.4. The predicted octanol–water partition coefficient (Wildman–Crippen LogP) is 3.05. The molecule has 0 saturated carbocycles. The Labute approximate surface area is 182 Å². The maximum absolute atomic E-state index is 5.26. The van der Waals surface area contributed by atoms with Gasteiger partial charge in [-0.1, -0.05) is 12.1 Å². The summed E-state index contributed by atoms with van der Waals surface area (Å²) in [5.41, 5.74) is 2.27. The Morgan fingerprint density at radius 3 is 2.42 bits per heavy atom. The Bertz CT molecular complexity index is 1010. The van der Waals surface area contributed by atoms with Crippen molar-refractivity contribution >= 4 is 5.96 Å². The van der Waals surface area contributed by atoms with Crippen LogP contribution in [0.5, 0.6) is 11.5 Å². The molecular weight excluding hydrogens is 392 g/mol. The third-order valence-corrected chi connectivity index (χ3v) is 5.58. The van der Waals surface area contributed by atoms with Gasteiger partial charge in [-0.05, 0) is 48.4 Å². The third kappa shape index (κ3) is 4.79. The summed E-state index contributed by atoms with van der Waals surface area (Å²) in [5, 5.41) is 10.7. The van der Waals surface area contributed by atoms with E-state index in [1.807, 2.05) is 43.4 Å². The van der Waals surface area contributed by atoms with Gasteiger partial charge in [-0.25, -0.2) is 4.98 Å². The summed E-state index contributed by atoms with van der Waals surface area (Å²) in [6.45, 7) is 2.42. The first-order chi connectivity index (χ1) is 15.2. The Morgan fingerprint density at radius 2 is 1.77 bits per heavy atom. The van der Waals surface area contributed by atoms with E-state index < -0.39 is 0 Å². The van der Waals surface area contributed by atoms with Crippen LogP contribution in [0.4, 0.5) is 0 Å². The van der Waals surface area contributed by atoms with Crippen LogP contribution >= 0.6 is 0 Å². The van der Waals surface area contributed by atoms with Gasteiger partial charge in [0.15, 0.2) is 11.8 Å². The lowest BCUT2D eigenvalue weighted by molar-refractivity contribution is 0.414. The van der Waals surface area contributed by atoms with Crippen molar-refractivity contribution in [2.75, 3.05) is 34.4 Å². The molecule has 1 aromatic heterocycles. The number of likely N-dealkylation sites (tertiary alicyclic amines) is 1. The molecule has 1 fully saturated rings. The van der Waals surface area contributed by atoms with Gasteiger partial charge in [0.2, 0.25) is 0 Å². The summed E-state index contributed by atoms with van der Waals surface area (Å²) in [5.74, 6) is 4.48. The maximum Gasteiger partial charge on any atom is 0.194 e. The minimum atomic E-state index is 0.483. The highest BCUT2D eigenvalue weighted by Gasteiger charge is 2.26. The van der Waals surface area contributed by atoms with Gasteiger partial charge in [0.25, 0.3) is 0 Å². The summed E-state index contributed by atoms with van der Waals surface area (Å²) in [4.78, 5) is 11.3. The van der Waals surface area contributed by atoms with Gasteiger partial charge in [-0.15, -0.1) is 0 Å². The summed E-state index contributed by atoms with van der Waals surface area (Å²) >= 11 is 0. The van der Waals surface area contributed by atoms with Crippen LogP contribution in [-0.4, -0.2) is 60.4 Å². The van der Waals surface area contributed by atoms with E-state index in [0.29, 0.717) is 18.3 Å². The van der Waals surface area contributed by atoms with E-state index in [1.54, 1.807) is 14.2 Å². The van der Waals surface area contributed by atoms with Crippen molar-refractivity contribution in [2.24, 2.45) is 4.99 Å². The van der Waals surface area contributed by atoms with Crippen LogP contribution in [0.3, 0.4) is 0 Å². The largest absolute Gasteiger partial charge is 0.497 e. The molecule has 4 rings (SSSR count). The predicted molar refractivity (Wildman–Crippen MR) is 120 cm³/mol. The first-order valence-electron chi connectivity index (χ1n) is 10.4. The average molecular weight is 421 g/mol. The van der Waals surface area contributed by atoms with Gasteiger partial charge in [0.05, 0.1) is 20.8 Å². The maximum atomic E-state index is 5.26. The zero-order valence-corrected chi connectivity index (χ0v) is 18.1. The Hall–Kier alpha value is -3.55. The van der Waals surface area contributed by atoms with Crippen molar-refractivity contribution in [2.45, 2.75) is 18.9 Å². The molecule has 1 aliphatic rings. The Balaban J connectivity index is 1.34. The first kappa shape index (κ1) is 20.7. The van der Waals surface area contributed by atoms with Gasteiger partial charge >= 0.3 is 0 Å². The number of ether oxygens (including phenoxy) is 2. The molecule has 1 atom stereocenters. The number of aromatic nitrogens is 3. The number of methoxy groups -OCH3 is 2. The number of H-pyrrole nitrogens is 1. The Kier molecular flexibility index (Phi) is 6.35. The molecule has 1 aliphatic heterocycles. The zero-order valence-electron chi connectivity index (χ0n) is 18.1. The molecule has 0 bridgehead atoms. The van der Waals surface area contributed by atoms with Crippen molar-refractivity contribution in [1.29, 1.82) is 0 Å². The highest BCUT2D eigenvalue weighted by atomic mass is 16.5. The molecule has 1 unspecified atom stereocenters. The van der Waals surface area contributed by atoms with Crippen LogP contribution in [0.15, 0.2) is 53.5 Å². The molecule has 0 amide bonds. The van der Waals surface area contributed by atoms with E-state index >= 15 is 0 Å². The number of guanidine groups is 1. The quantitative estimate of drug-likeness (QED) is 0.471. The number of hydrogen-bond donors (Lipinski definition) is 2. The smallest absolute Gasteiger partial charge is 0.194 e. The number of aliphatic imine (C=N–C) groups is 1. The SMILES string of the molecule is CN=C(NCc1nc(-c2ccc(OC)cc2)n[nH]1)N1CCC(c2ccc(OC)cc2)C1. The van der Waals surface area contributed by atoms with Crippen molar-refractivity contribution < 1.29 is 9.47 Å². The van der Waals surface area contributed by atoms with Crippen molar-refractivity contribution in [1.82, 2.24) is 25.4 Å². The summed E-state index contributed by atoms with van der Waals surface area (Å²) in [6.07, 6.45) is 1.09. The summed E-state index contributed by atoms with van der Waals surface area (Å²) < 4.78 is 10.5. The monoisotopic (exact) mass is 420 g/mol. The van der Waals surface area contributed by atoms with E-state index in [9.17, 15) is 0 Å². The summed E-state index contributed by atoms with van der Waals surface area (Å²) in [6, 6.07) is 16.0. The fourth-order valence-corrected chi connectivity index (χ4v) is 3.84. The van der Waals surface area contributed by atoms with Crippen molar-refractivity contribution in [3.05, 3.63) is 59.9 Å². The second-order valence-corrected chi connectivity index (χ2v) is 7.44. The van der Waals surface area contributed by atoms with Crippen molar-refractivity contribution in [3.8, 4) is 22.9 Å². The second kappa shape index (κ2) is 9.51. The molecule has 8 nitrogen and oxygen atoms in total.